The van der Waals surface area contributed by atoms with Crippen LogP contribution in [0.25, 0.3) is 0 Å². The first-order valence-electron chi connectivity index (χ1n) is 9.12. The Morgan fingerprint density at radius 2 is 1.86 bits per heavy atom. The zero-order valence-corrected chi connectivity index (χ0v) is 18.2. The Kier molecular flexibility index (Phi) is 6.69. The van der Waals surface area contributed by atoms with Crippen LogP contribution in [0, 0.1) is 0 Å². The van der Waals surface area contributed by atoms with Crippen LogP contribution in [0.15, 0.2) is 41.3 Å². The Morgan fingerprint density at radius 3 is 2.50 bits per heavy atom. The minimum atomic E-state index is -3.65. The molecule has 0 amide bonds. The molecule has 0 spiro atoms. The van der Waals surface area contributed by atoms with Crippen molar-refractivity contribution >= 4 is 33.2 Å². The molecule has 1 aliphatic rings. The fourth-order valence-corrected chi connectivity index (χ4v) is 5.30. The predicted molar refractivity (Wildman–Crippen MR) is 113 cm³/mol. The molecule has 8 heteroatoms. The molecule has 0 radical (unpaired) electrons. The van der Waals surface area contributed by atoms with Gasteiger partial charge in [0.1, 0.15) is 0 Å². The van der Waals surface area contributed by atoms with Crippen molar-refractivity contribution in [3.8, 4) is 0 Å². The van der Waals surface area contributed by atoms with Crippen molar-refractivity contribution in [3.05, 3.63) is 63.1 Å². The van der Waals surface area contributed by atoms with Gasteiger partial charge in [-0.25, -0.2) is 8.42 Å². The molecule has 152 valence electrons. The standard InChI is InChI=1S/C20H24Cl2N2O3S/c1-23-20-8-6-15(13-3-7-18(21)19(22)11-13)16-5-4-14(12-17(16)20)28(26,27)24(2)9-10-25/h3-5,7,11-12,15,20,23,25H,6,8-10H2,1-2H3/t15-,20-/m0/s1. The molecule has 0 saturated heterocycles. The summed E-state index contributed by atoms with van der Waals surface area (Å²) >= 11 is 12.3. The van der Waals surface area contributed by atoms with Crippen molar-refractivity contribution in [2.24, 2.45) is 0 Å². The topological polar surface area (TPSA) is 69.6 Å². The van der Waals surface area contributed by atoms with E-state index in [9.17, 15) is 8.42 Å². The molecule has 3 rings (SSSR count). The van der Waals surface area contributed by atoms with Crippen molar-refractivity contribution in [2.75, 3.05) is 27.2 Å². The maximum atomic E-state index is 12.8. The Balaban J connectivity index is 2.06. The molecule has 2 atom stereocenters. The monoisotopic (exact) mass is 442 g/mol. The quantitative estimate of drug-likeness (QED) is 0.713. The molecule has 0 aliphatic heterocycles. The smallest absolute Gasteiger partial charge is 0.242 e. The van der Waals surface area contributed by atoms with E-state index < -0.39 is 10.0 Å². The number of hydrogen-bond acceptors (Lipinski definition) is 4. The average Bonchev–Trinajstić information content (AvgIpc) is 2.69. The first kappa shape index (κ1) is 21.6. The van der Waals surface area contributed by atoms with Crippen LogP contribution in [-0.4, -0.2) is 45.1 Å². The van der Waals surface area contributed by atoms with Gasteiger partial charge in [-0.3, -0.25) is 0 Å². The third-order valence-electron chi connectivity index (χ3n) is 5.37. The van der Waals surface area contributed by atoms with Crippen LogP contribution in [0.2, 0.25) is 10.0 Å². The number of nitrogens with one attached hydrogen (secondary N) is 1. The fraction of sp³-hybridized carbons (Fsp3) is 0.400. The number of likely N-dealkylation sites (N-methyl/N-ethyl adjacent to an activating group) is 1. The zero-order chi connectivity index (χ0) is 20.5. The van der Waals surface area contributed by atoms with Gasteiger partial charge in [0.2, 0.25) is 10.0 Å². The van der Waals surface area contributed by atoms with Crippen LogP contribution < -0.4 is 5.32 Å². The van der Waals surface area contributed by atoms with Crippen molar-refractivity contribution in [2.45, 2.75) is 29.7 Å². The number of fused-ring (bicyclic) bond motifs is 1. The SMILES string of the molecule is CN[C@H]1CC[C@@H](c2ccc(Cl)c(Cl)c2)c2ccc(S(=O)(=O)N(C)CCO)cc21. The van der Waals surface area contributed by atoms with Gasteiger partial charge < -0.3 is 10.4 Å². The fourth-order valence-electron chi connectivity index (χ4n) is 3.79. The second-order valence-electron chi connectivity index (χ2n) is 6.99. The molecule has 0 unspecified atom stereocenters. The molecule has 0 aromatic heterocycles. The largest absolute Gasteiger partial charge is 0.395 e. The van der Waals surface area contributed by atoms with E-state index in [1.165, 1.54) is 11.4 Å². The number of sulfonamides is 1. The molecule has 28 heavy (non-hydrogen) atoms. The molecule has 5 nitrogen and oxygen atoms in total. The third-order valence-corrected chi connectivity index (χ3v) is 7.96. The highest BCUT2D eigenvalue weighted by Gasteiger charge is 2.30. The molecular formula is C20H24Cl2N2O3S. The van der Waals surface area contributed by atoms with Crippen molar-refractivity contribution in [1.29, 1.82) is 0 Å². The lowest BCUT2D eigenvalue weighted by molar-refractivity contribution is 0.266. The number of rotatable bonds is 6. The van der Waals surface area contributed by atoms with Gasteiger partial charge in [-0.1, -0.05) is 35.3 Å². The number of aliphatic hydroxyl groups is 1. The molecule has 0 fully saturated rings. The van der Waals surface area contributed by atoms with Gasteiger partial charge >= 0.3 is 0 Å². The molecule has 2 aromatic rings. The molecular weight excluding hydrogens is 419 g/mol. The number of halogens is 2. The third kappa shape index (κ3) is 4.08. The van der Waals surface area contributed by atoms with Gasteiger partial charge in [0.05, 0.1) is 21.5 Å². The minimum absolute atomic E-state index is 0.0563. The van der Waals surface area contributed by atoms with E-state index in [0.717, 1.165) is 29.5 Å². The van der Waals surface area contributed by atoms with Gasteiger partial charge in [-0.2, -0.15) is 4.31 Å². The lowest BCUT2D eigenvalue weighted by Crippen LogP contribution is -2.30. The van der Waals surface area contributed by atoms with E-state index in [0.29, 0.717) is 10.0 Å². The number of benzene rings is 2. The second-order valence-corrected chi connectivity index (χ2v) is 9.84. The van der Waals surface area contributed by atoms with Gasteiger partial charge in [-0.15, -0.1) is 0 Å². The summed E-state index contributed by atoms with van der Waals surface area (Å²) in [4.78, 5) is 0.234. The van der Waals surface area contributed by atoms with E-state index >= 15 is 0 Å². The summed E-state index contributed by atoms with van der Waals surface area (Å²) in [6, 6.07) is 11.0. The van der Waals surface area contributed by atoms with E-state index in [-0.39, 0.29) is 30.0 Å². The van der Waals surface area contributed by atoms with Crippen molar-refractivity contribution < 1.29 is 13.5 Å². The Labute approximate surface area is 176 Å². The van der Waals surface area contributed by atoms with Crippen LogP contribution in [0.5, 0.6) is 0 Å². The maximum absolute atomic E-state index is 12.8. The zero-order valence-electron chi connectivity index (χ0n) is 15.8. The molecule has 0 saturated carbocycles. The molecule has 0 heterocycles. The van der Waals surface area contributed by atoms with E-state index in [2.05, 4.69) is 5.32 Å². The first-order chi connectivity index (χ1) is 13.3. The molecule has 0 bridgehead atoms. The lowest BCUT2D eigenvalue weighted by atomic mass is 9.77. The molecule has 2 aromatic carbocycles. The van der Waals surface area contributed by atoms with E-state index in [1.807, 2.05) is 25.2 Å². The maximum Gasteiger partial charge on any atom is 0.242 e. The second kappa shape index (κ2) is 8.69. The summed E-state index contributed by atoms with van der Waals surface area (Å²) in [5.41, 5.74) is 3.13. The summed E-state index contributed by atoms with van der Waals surface area (Å²) in [6.07, 6.45) is 1.80. The first-order valence-corrected chi connectivity index (χ1v) is 11.3. The highest BCUT2D eigenvalue weighted by molar-refractivity contribution is 7.89. The summed E-state index contributed by atoms with van der Waals surface area (Å²) in [5.74, 6) is 0.126. The van der Waals surface area contributed by atoms with Crippen LogP contribution >= 0.6 is 23.2 Å². The van der Waals surface area contributed by atoms with Crippen molar-refractivity contribution in [3.63, 3.8) is 0 Å². The van der Waals surface area contributed by atoms with Gasteiger partial charge in [0.15, 0.2) is 0 Å². The van der Waals surface area contributed by atoms with Crippen LogP contribution in [0.4, 0.5) is 0 Å². The molecule has 2 N–H and O–H groups in total. The Bertz CT molecular complexity index is 966. The summed E-state index contributed by atoms with van der Waals surface area (Å²) in [5, 5.41) is 13.4. The Morgan fingerprint density at radius 1 is 1.11 bits per heavy atom. The minimum Gasteiger partial charge on any atom is -0.395 e. The number of aliphatic hydroxyl groups excluding tert-OH is 1. The normalized spacial score (nSPS) is 19.6. The lowest BCUT2D eigenvalue weighted by Gasteiger charge is -2.32. The highest BCUT2D eigenvalue weighted by Crippen LogP contribution is 2.43. The van der Waals surface area contributed by atoms with Crippen molar-refractivity contribution in [1.82, 2.24) is 9.62 Å². The van der Waals surface area contributed by atoms with E-state index in [1.54, 1.807) is 18.2 Å². The van der Waals surface area contributed by atoms with Crippen LogP contribution in [-0.2, 0) is 10.0 Å². The predicted octanol–water partition coefficient (Wildman–Crippen LogP) is 3.79. The molecule has 1 aliphatic carbocycles. The van der Waals surface area contributed by atoms with Gasteiger partial charge in [-0.05, 0) is 60.8 Å². The Hall–Kier alpha value is -1.15. The number of nitrogens with zero attached hydrogens (tertiary/aromatic N) is 1. The van der Waals surface area contributed by atoms with Crippen LogP contribution in [0.1, 0.15) is 41.5 Å². The van der Waals surface area contributed by atoms with E-state index in [4.69, 9.17) is 28.3 Å². The number of hydrogen-bond donors (Lipinski definition) is 2. The van der Waals surface area contributed by atoms with Gasteiger partial charge in [0, 0.05) is 25.6 Å². The summed E-state index contributed by atoms with van der Waals surface area (Å²) in [7, 11) is -0.300. The summed E-state index contributed by atoms with van der Waals surface area (Å²) < 4.78 is 26.8. The van der Waals surface area contributed by atoms with Gasteiger partial charge in [0.25, 0.3) is 0 Å². The highest BCUT2D eigenvalue weighted by atomic mass is 35.5. The summed E-state index contributed by atoms with van der Waals surface area (Å²) in [6.45, 7) is -0.167. The average molecular weight is 443 g/mol. The van der Waals surface area contributed by atoms with Crippen LogP contribution in [0.3, 0.4) is 0 Å².